The van der Waals surface area contributed by atoms with Crippen molar-refractivity contribution in [3.05, 3.63) is 95.1 Å². The van der Waals surface area contributed by atoms with Crippen LogP contribution in [-0.4, -0.2) is 51.8 Å². The molecule has 0 amide bonds. The van der Waals surface area contributed by atoms with Crippen molar-refractivity contribution in [3.8, 4) is 11.5 Å². The summed E-state index contributed by atoms with van der Waals surface area (Å²) in [6.07, 6.45) is 0.594. The minimum Gasteiger partial charge on any atom is -0.493 e. The predicted molar refractivity (Wildman–Crippen MR) is 164 cm³/mol. The van der Waals surface area contributed by atoms with Crippen LogP contribution in [0.1, 0.15) is 69.9 Å². The molecule has 2 saturated heterocycles. The van der Waals surface area contributed by atoms with Crippen LogP contribution in [0.4, 0.5) is 0 Å². The van der Waals surface area contributed by atoms with Crippen molar-refractivity contribution < 1.29 is 28.4 Å². The van der Waals surface area contributed by atoms with Crippen LogP contribution in [0.25, 0.3) is 0 Å². The summed E-state index contributed by atoms with van der Waals surface area (Å²) in [6.45, 7) is 17.0. The molecule has 226 valence electrons. The minimum absolute atomic E-state index is 0.0567. The first kappa shape index (κ1) is 30.6. The van der Waals surface area contributed by atoms with Gasteiger partial charge in [-0.05, 0) is 67.3 Å². The van der Waals surface area contributed by atoms with Gasteiger partial charge in [-0.2, -0.15) is 0 Å². The van der Waals surface area contributed by atoms with Crippen LogP contribution in [0.5, 0.6) is 11.5 Å². The molecule has 0 saturated carbocycles. The van der Waals surface area contributed by atoms with E-state index in [4.69, 9.17) is 28.4 Å². The molecule has 0 radical (unpaired) electrons. The van der Waals surface area contributed by atoms with Gasteiger partial charge in [-0.3, -0.25) is 0 Å². The molecular weight excluding hydrogens is 528 g/mol. The molecule has 0 spiro atoms. The summed E-state index contributed by atoms with van der Waals surface area (Å²) in [5, 5.41) is 0. The molecule has 4 atom stereocenters. The largest absolute Gasteiger partial charge is 0.493 e. The molecule has 4 unspecified atom stereocenters. The highest BCUT2D eigenvalue weighted by Crippen LogP contribution is 2.34. The summed E-state index contributed by atoms with van der Waals surface area (Å²) in [5.74, 6) is 1.95. The van der Waals surface area contributed by atoms with Crippen LogP contribution in [0.2, 0.25) is 0 Å². The Morgan fingerprint density at radius 3 is 1.62 bits per heavy atom. The summed E-state index contributed by atoms with van der Waals surface area (Å²) < 4.78 is 34.6. The van der Waals surface area contributed by atoms with E-state index in [0.29, 0.717) is 26.4 Å². The molecular formula is C36H46O6. The number of benzene rings is 3. The van der Waals surface area contributed by atoms with E-state index in [2.05, 4.69) is 102 Å². The standard InChI is InChI=1S/C36H46O6/c1-25(20-39-32-17-13-30(14-18-32)36(5,6)42-24-34-23-41-34)19-38-31-15-11-29(12-16-31)35(3,4)28-9-7-27(8-10-28)26(2)37-21-33-22-40-33/h7-18,25-26,33-34H,19-24H2,1-6H3. The van der Waals surface area contributed by atoms with Gasteiger partial charge in [0.25, 0.3) is 0 Å². The second-order valence-corrected chi connectivity index (χ2v) is 12.7. The lowest BCUT2D eigenvalue weighted by Gasteiger charge is -2.27. The van der Waals surface area contributed by atoms with Crippen LogP contribution < -0.4 is 9.47 Å². The summed E-state index contributed by atoms with van der Waals surface area (Å²) in [7, 11) is 0. The fourth-order valence-electron chi connectivity index (χ4n) is 4.84. The van der Waals surface area contributed by atoms with Crippen LogP contribution in [0, 0.1) is 5.92 Å². The lowest BCUT2D eigenvalue weighted by atomic mass is 9.78. The fourth-order valence-corrected chi connectivity index (χ4v) is 4.84. The predicted octanol–water partition coefficient (Wildman–Crippen LogP) is 7.23. The Balaban J connectivity index is 1.06. The summed E-state index contributed by atoms with van der Waals surface area (Å²) in [5.41, 5.74) is 4.32. The van der Waals surface area contributed by atoms with Crippen molar-refractivity contribution in [2.45, 2.75) is 70.9 Å². The van der Waals surface area contributed by atoms with E-state index >= 15 is 0 Å². The van der Waals surface area contributed by atoms with E-state index in [1.807, 2.05) is 12.1 Å². The maximum atomic E-state index is 6.10. The van der Waals surface area contributed by atoms with Crippen molar-refractivity contribution in [3.63, 3.8) is 0 Å². The van der Waals surface area contributed by atoms with Gasteiger partial charge in [-0.25, -0.2) is 0 Å². The second kappa shape index (κ2) is 13.2. The third-order valence-corrected chi connectivity index (χ3v) is 8.26. The molecule has 0 aliphatic carbocycles. The minimum atomic E-state index is -0.361. The van der Waals surface area contributed by atoms with E-state index < -0.39 is 0 Å². The van der Waals surface area contributed by atoms with Crippen molar-refractivity contribution in [1.29, 1.82) is 0 Å². The Morgan fingerprint density at radius 1 is 0.667 bits per heavy atom. The Labute approximate surface area is 251 Å². The Hall–Kier alpha value is -2.90. The summed E-state index contributed by atoms with van der Waals surface area (Å²) in [4.78, 5) is 0. The Bertz CT molecular complexity index is 1260. The van der Waals surface area contributed by atoms with Crippen molar-refractivity contribution >= 4 is 0 Å². The molecule has 6 nitrogen and oxygen atoms in total. The van der Waals surface area contributed by atoms with Gasteiger partial charge in [0.15, 0.2) is 0 Å². The molecule has 42 heavy (non-hydrogen) atoms. The zero-order chi connectivity index (χ0) is 29.7. The second-order valence-electron chi connectivity index (χ2n) is 12.7. The van der Waals surface area contributed by atoms with E-state index in [1.165, 1.54) is 16.7 Å². The molecule has 5 rings (SSSR count). The van der Waals surface area contributed by atoms with Gasteiger partial charge in [0, 0.05) is 11.3 Å². The van der Waals surface area contributed by atoms with Crippen LogP contribution in [-0.2, 0) is 30.0 Å². The number of rotatable bonds is 16. The normalized spacial score (nSPS) is 19.7. The Kier molecular flexibility index (Phi) is 9.58. The van der Waals surface area contributed by atoms with Crippen LogP contribution >= 0.6 is 0 Å². The van der Waals surface area contributed by atoms with Crippen molar-refractivity contribution in [2.24, 2.45) is 5.92 Å². The molecule has 2 aliphatic rings. The molecule has 0 bridgehead atoms. The van der Waals surface area contributed by atoms with Gasteiger partial charge in [0.2, 0.25) is 0 Å². The maximum Gasteiger partial charge on any atom is 0.119 e. The van der Waals surface area contributed by atoms with Crippen molar-refractivity contribution in [2.75, 3.05) is 39.6 Å². The fraction of sp³-hybridized carbons (Fsp3) is 0.500. The quantitative estimate of drug-likeness (QED) is 0.168. The lowest BCUT2D eigenvalue weighted by Crippen LogP contribution is -2.24. The van der Waals surface area contributed by atoms with Crippen molar-refractivity contribution in [1.82, 2.24) is 0 Å². The molecule has 0 N–H and O–H groups in total. The molecule has 6 heteroatoms. The highest BCUT2D eigenvalue weighted by molar-refractivity contribution is 5.41. The Morgan fingerprint density at radius 2 is 1.12 bits per heavy atom. The molecule has 3 aromatic carbocycles. The zero-order valence-electron chi connectivity index (χ0n) is 25.9. The first-order valence-electron chi connectivity index (χ1n) is 15.2. The van der Waals surface area contributed by atoms with Gasteiger partial charge >= 0.3 is 0 Å². The monoisotopic (exact) mass is 574 g/mol. The summed E-state index contributed by atoms with van der Waals surface area (Å²) in [6, 6.07) is 25.4. The van der Waals surface area contributed by atoms with Gasteiger partial charge < -0.3 is 28.4 Å². The van der Waals surface area contributed by atoms with E-state index in [-0.39, 0.29) is 35.2 Å². The smallest absolute Gasteiger partial charge is 0.119 e. The third-order valence-electron chi connectivity index (χ3n) is 8.26. The van der Waals surface area contributed by atoms with Crippen LogP contribution in [0.15, 0.2) is 72.8 Å². The maximum absolute atomic E-state index is 6.10. The molecule has 2 aliphatic heterocycles. The highest BCUT2D eigenvalue weighted by Gasteiger charge is 2.29. The summed E-state index contributed by atoms with van der Waals surface area (Å²) >= 11 is 0. The SMILES string of the molecule is CC(COc1ccc(C(C)(C)OCC2CO2)cc1)COc1ccc(C(C)(C)c2ccc(C(C)OCC3CO3)cc2)cc1. The highest BCUT2D eigenvalue weighted by atomic mass is 16.6. The first-order valence-corrected chi connectivity index (χ1v) is 15.2. The number of ether oxygens (including phenoxy) is 6. The molecule has 2 heterocycles. The van der Waals surface area contributed by atoms with Crippen LogP contribution in [0.3, 0.4) is 0 Å². The number of hydrogen-bond acceptors (Lipinski definition) is 6. The third kappa shape index (κ3) is 8.35. The number of epoxide rings is 2. The molecule has 2 fully saturated rings. The van der Waals surface area contributed by atoms with Gasteiger partial charge in [0.1, 0.15) is 23.7 Å². The topological polar surface area (TPSA) is 62.0 Å². The van der Waals surface area contributed by atoms with Gasteiger partial charge in [-0.1, -0.05) is 69.3 Å². The molecule has 0 aromatic heterocycles. The first-order chi connectivity index (χ1) is 20.1. The van der Waals surface area contributed by atoms with Gasteiger partial charge in [-0.15, -0.1) is 0 Å². The van der Waals surface area contributed by atoms with Gasteiger partial charge in [0.05, 0.1) is 51.3 Å². The lowest BCUT2D eigenvalue weighted by molar-refractivity contribution is -0.0285. The van der Waals surface area contributed by atoms with E-state index in [9.17, 15) is 0 Å². The average Bonchev–Trinajstić information content (AvgIpc) is 3.93. The number of hydrogen-bond donors (Lipinski definition) is 0. The zero-order valence-corrected chi connectivity index (χ0v) is 25.9. The average molecular weight is 575 g/mol. The van der Waals surface area contributed by atoms with E-state index in [0.717, 1.165) is 30.3 Å². The molecule has 3 aromatic rings. The van der Waals surface area contributed by atoms with E-state index in [1.54, 1.807) is 0 Å².